The first-order chi connectivity index (χ1) is 39.7. The number of hydrogen-bond donors (Lipinski definition) is 3. The standard InChI is InChI=1S/C76H143NO3/c1-3-5-7-9-11-13-15-17-19-21-23-25-27-29-31-33-34-35-36-37-38-39-40-41-42-44-46-48-50-52-54-56-58-60-62-64-66-68-70-72-76(80)77-74(73-78)75(79)71-69-67-65-63-61-59-57-55-53-51-49-47-45-43-32-30-28-26-24-22-20-18-16-14-12-10-8-6-4-2/h15,17,21,23,27,29,61,63,69,71,74-75,78-79H,3-14,16,18-20,22,24-26,28,30-60,62,64-68,70,72-73H2,1-2H3,(H,77,80)/b17-15-,23-21-,29-27-,63-61+,71-69+. The molecule has 0 saturated carbocycles. The minimum Gasteiger partial charge on any atom is -0.394 e. The van der Waals surface area contributed by atoms with Crippen molar-refractivity contribution >= 4 is 5.91 Å². The fourth-order valence-corrected chi connectivity index (χ4v) is 11.4. The number of hydrogen-bond acceptors (Lipinski definition) is 3. The molecule has 470 valence electrons. The zero-order valence-corrected chi connectivity index (χ0v) is 54.4. The van der Waals surface area contributed by atoms with Crippen LogP contribution >= 0.6 is 0 Å². The maximum absolute atomic E-state index is 12.5. The molecule has 0 aromatic carbocycles. The molecule has 1 amide bonds. The van der Waals surface area contributed by atoms with Crippen molar-refractivity contribution in [3.8, 4) is 0 Å². The van der Waals surface area contributed by atoms with Crippen LogP contribution < -0.4 is 5.32 Å². The summed E-state index contributed by atoms with van der Waals surface area (Å²) in [5, 5.41) is 23.3. The quantitative estimate of drug-likeness (QED) is 0.0420. The second-order valence-corrected chi connectivity index (χ2v) is 25.0. The minimum absolute atomic E-state index is 0.0665. The smallest absolute Gasteiger partial charge is 0.220 e. The first-order valence-electron chi connectivity index (χ1n) is 36.5. The number of nitrogens with one attached hydrogen (secondary N) is 1. The molecule has 4 heteroatoms. The lowest BCUT2D eigenvalue weighted by molar-refractivity contribution is -0.123. The van der Waals surface area contributed by atoms with Crippen LogP contribution in [0.15, 0.2) is 60.8 Å². The molecule has 4 nitrogen and oxygen atoms in total. The Hall–Kier alpha value is -1.91. The van der Waals surface area contributed by atoms with Crippen LogP contribution in [0.2, 0.25) is 0 Å². The third kappa shape index (κ3) is 66.9. The van der Waals surface area contributed by atoms with Crippen LogP contribution in [0.5, 0.6) is 0 Å². The number of carbonyl (C=O) groups is 1. The van der Waals surface area contributed by atoms with E-state index in [9.17, 15) is 15.0 Å². The topological polar surface area (TPSA) is 69.6 Å². The third-order valence-corrected chi connectivity index (χ3v) is 17.0. The van der Waals surface area contributed by atoms with E-state index in [4.69, 9.17) is 0 Å². The number of rotatable bonds is 68. The Labute approximate surface area is 502 Å². The van der Waals surface area contributed by atoms with Gasteiger partial charge in [0.15, 0.2) is 0 Å². The summed E-state index contributed by atoms with van der Waals surface area (Å²) >= 11 is 0. The highest BCUT2D eigenvalue weighted by atomic mass is 16.3. The normalized spacial score (nSPS) is 13.0. The molecule has 0 bridgehead atoms. The van der Waals surface area contributed by atoms with Crippen LogP contribution in [0, 0.1) is 0 Å². The predicted octanol–water partition coefficient (Wildman–Crippen LogP) is 25.1. The SMILES string of the molecule is CCCCCCC/C=C\C/C=C\C/C=C\CCCCCCCCCCCCCCCCCCCCCCCCCCC(=O)NC(CO)C(O)/C=C/CC/C=C/CCCCCCCCCCCCCCCCCCCCCCCCC. The van der Waals surface area contributed by atoms with Gasteiger partial charge in [0.05, 0.1) is 18.8 Å². The van der Waals surface area contributed by atoms with Crippen molar-refractivity contribution in [3.63, 3.8) is 0 Å². The predicted molar refractivity (Wildman–Crippen MR) is 359 cm³/mol. The molecule has 0 aliphatic carbocycles. The molecule has 0 rings (SSSR count). The van der Waals surface area contributed by atoms with E-state index < -0.39 is 12.1 Å². The van der Waals surface area contributed by atoms with E-state index in [1.807, 2.05) is 6.08 Å². The minimum atomic E-state index is -0.864. The molecular weight excluding hydrogens is 975 g/mol. The van der Waals surface area contributed by atoms with Gasteiger partial charge in [0.2, 0.25) is 5.91 Å². The molecule has 3 N–H and O–H groups in total. The number of carbonyl (C=O) groups excluding carboxylic acids is 1. The molecule has 80 heavy (non-hydrogen) atoms. The van der Waals surface area contributed by atoms with Gasteiger partial charge in [0.25, 0.3) is 0 Å². The molecule has 0 fully saturated rings. The van der Waals surface area contributed by atoms with Crippen LogP contribution in [0.3, 0.4) is 0 Å². The highest BCUT2D eigenvalue weighted by molar-refractivity contribution is 5.76. The molecule has 0 spiro atoms. The van der Waals surface area contributed by atoms with E-state index in [0.29, 0.717) is 6.42 Å². The molecule has 0 saturated heterocycles. The Bertz CT molecular complexity index is 1310. The first kappa shape index (κ1) is 78.1. The lowest BCUT2D eigenvalue weighted by Gasteiger charge is -2.19. The number of unbranched alkanes of at least 4 members (excludes halogenated alkanes) is 53. The van der Waals surface area contributed by atoms with Gasteiger partial charge < -0.3 is 15.5 Å². The van der Waals surface area contributed by atoms with Gasteiger partial charge in [-0.05, 0) is 70.6 Å². The van der Waals surface area contributed by atoms with E-state index in [0.717, 1.165) is 44.9 Å². The lowest BCUT2D eigenvalue weighted by Crippen LogP contribution is -2.45. The van der Waals surface area contributed by atoms with Crippen molar-refractivity contribution in [1.29, 1.82) is 0 Å². The molecule has 2 atom stereocenters. The summed E-state index contributed by atoms with van der Waals surface area (Å²) in [4.78, 5) is 12.5. The molecule has 0 aromatic heterocycles. The van der Waals surface area contributed by atoms with Crippen molar-refractivity contribution in [2.45, 2.75) is 411 Å². The van der Waals surface area contributed by atoms with Crippen molar-refractivity contribution in [2.75, 3.05) is 6.61 Å². The third-order valence-electron chi connectivity index (χ3n) is 17.0. The zero-order chi connectivity index (χ0) is 57.6. The summed E-state index contributed by atoms with van der Waals surface area (Å²) in [5.74, 6) is -0.0665. The zero-order valence-electron chi connectivity index (χ0n) is 54.4. The molecule has 0 aliphatic heterocycles. The Kier molecular flexibility index (Phi) is 69.6. The van der Waals surface area contributed by atoms with Crippen LogP contribution in [0.25, 0.3) is 0 Å². The Balaban J connectivity index is 3.44. The molecule has 0 aliphatic rings. The second kappa shape index (κ2) is 71.4. The second-order valence-electron chi connectivity index (χ2n) is 25.0. The van der Waals surface area contributed by atoms with Crippen LogP contribution in [0.4, 0.5) is 0 Å². The summed E-state index contributed by atoms with van der Waals surface area (Å²) in [6, 6.07) is -0.641. The number of aliphatic hydroxyl groups excluding tert-OH is 2. The van der Waals surface area contributed by atoms with E-state index in [1.165, 1.54) is 334 Å². The first-order valence-corrected chi connectivity index (χ1v) is 36.5. The molecular formula is C76H143NO3. The van der Waals surface area contributed by atoms with E-state index in [2.05, 4.69) is 67.8 Å². The number of aliphatic hydroxyl groups is 2. The van der Waals surface area contributed by atoms with E-state index >= 15 is 0 Å². The van der Waals surface area contributed by atoms with Gasteiger partial charge in [-0.1, -0.05) is 383 Å². The highest BCUT2D eigenvalue weighted by Crippen LogP contribution is 2.19. The number of amides is 1. The average Bonchev–Trinajstić information content (AvgIpc) is 3.46. The maximum Gasteiger partial charge on any atom is 0.220 e. The van der Waals surface area contributed by atoms with Crippen molar-refractivity contribution in [2.24, 2.45) is 0 Å². The average molecular weight is 1120 g/mol. The van der Waals surface area contributed by atoms with Gasteiger partial charge in [-0.2, -0.15) is 0 Å². The lowest BCUT2D eigenvalue weighted by atomic mass is 10.0. The molecule has 0 heterocycles. The molecule has 2 unspecified atom stereocenters. The van der Waals surface area contributed by atoms with Crippen molar-refractivity contribution in [1.82, 2.24) is 5.32 Å². The molecule has 0 radical (unpaired) electrons. The highest BCUT2D eigenvalue weighted by Gasteiger charge is 2.18. The maximum atomic E-state index is 12.5. The Morgan fingerprint density at radius 3 is 0.812 bits per heavy atom. The van der Waals surface area contributed by atoms with Crippen molar-refractivity contribution in [3.05, 3.63) is 60.8 Å². The monoisotopic (exact) mass is 1120 g/mol. The van der Waals surface area contributed by atoms with Gasteiger partial charge in [0, 0.05) is 6.42 Å². The summed E-state index contributed by atoms with van der Waals surface area (Å²) in [5.41, 5.74) is 0. The summed E-state index contributed by atoms with van der Waals surface area (Å²) in [6.45, 7) is 4.33. The van der Waals surface area contributed by atoms with E-state index in [-0.39, 0.29) is 12.5 Å². The van der Waals surface area contributed by atoms with E-state index in [1.54, 1.807) is 6.08 Å². The van der Waals surface area contributed by atoms with Crippen LogP contribution in [0.1, 0.15) is 399 Å². The molecule has 0 aromatic rings. The Morgan fingerprint density at radius 1 is 0.300 bits per heavy atom. The number of allylic oxidation sites excluding steroid dienone is 9. The van der Waals surface area contributed by atoms with Gasteiger partial charge >= 0.3 is 0 Å². The van der Waals surface area contributed by atoms with Gasteiger partial charge in [0.1, 0.15) is 0 Å². The Morgan fingerprint density at radius 2 is 0.525 bits per heavy atom. The van der Waals surface area contributed by atoms with Gasteiger partial charge in [-0.25, -0.2) is 0 Å². The van der Waals surface area contributed by atoms with Gasteiger partial charge in [-0.15, -0.1) is 0 Å². The van der Waals surface area contributed by atoms with Crippen LogP contribution in [-0.4, -0.2) is 34.9 Å². The van der Waals surface area contributed by atoms with Crippen LogP contribution in [-0.2, 0) is 4.79 Å². The summed E-state index contributed by atoms with van der Waals surface area (Å²) < 4.78 is 0. The fraction of sp³-hybridized carbons (Fsp3) is 0.855. The summed E-state index contributed by atoms with van der Waals surface area (Å²) in [7, 11) is 0. The largest absolute Gasteiger partial charge is 0.394 e. The summed E-state index contributed by atoms with van der Waals surface area (Å²) in [6.07, 6.45) is 102. The van der Waals surface area contributed by atoms with Gasteiger partial charge in [-0.3, -0.25) is 4.79 Å². The van der Waals surface area contributed by atoms with Crippen molar-refractivity contribution < 1.29 is 15.0 Å². The fourth-order valence-electron chi connectivity index (χ4n) is 11.4.